The maximum atomic E-state index is 11.9. The molecule has 0 aromatic heterocycles. The van der Waals surface area contributed by atoms with Crippen LogP contribution in [0.15, 0.2) is 0 Å². The van der Waals surface area contributed by atoms with Crippen molar-refractivity contribution in [3.05, 3.63) is 0 Å². The van der Waals surface area contributed by atoms with Crippen LogP contribution in [-0.4, -0.2) is 22.6 Å². The molecule has 1 nitrogen and oxygen atoms in total. The standard InChI is InChI=1S/C11H21F3OS/c1-9(2,10(3,15)8-16)6-4-5-7-11(12,13)14/h15-16H,4-8H2,1-3H3. The molecule has 0 fully saturated rings. The molecular formula is C11H21F3OS. The lowest BCUT2D eigenvalue weighted by Crippen LogP contribution is -2.43. The first-order chi connectivity index (χ1) is 7.02. The summed E-state index contributed by atoms with van der Waals surface area (Å²) in [7, 11) is 0. The number of halogens is 3. The summed E-state index contributed by atoms with van der Waals surface area (Å²) in [6, 6.07) is 0. The largest absolute Gasteiger partial charge is 0.389 e. The number of alkyl halides is 3. The van der Waals surface area contributed by atoms with Crippen molar-refractivity contribution in [3.8, 4) is 0 Å². The van der Waals surface area contributed by atoms with Crippen LogP contribution in [0, 0.1) is 5.41 Å². The molecule has 1 unspecified atom stereocenters. The summed E-state index contributed by atoms with van der Waals surface area (Å²) < 4.78 is 35.7. The maximum absolute atomic E-state index is 11.9. The molecule has 0 aliphatic heterocycles. The van der Waals surface area contributed by atoms with Gasteiger partial charge in [-0.05, 0) is 25.2 Å². The third-order valence-corrected chi connectivity index (χ3v) is 3.89. The molecular weight excluding hydrogens is 237 g/mol. The third-order valence-electron chi connectivity index (χ3n) is 3.28. The highest BCUT2D eigenvalue weighted by Gasteiger charge is 2.37. The predicted molar refractivity (Wildman–Crippen MR) is 62.8 cm³/mol. The minimum atomic E-state index is -4.07. The van der Waals surface area contributed by atoms with Gasteiger partial charge in [0.15, 0.2) is 0 Å². The van der Waals surface area contributed by atoms with Gasteiger partial charge in [0.05, 0.1) is 5.60 Å². The summed E-state index contributed by atoms with van der Waals surface area (Å²) in [5, 5.41) is 10.0. The third kappa shape index (κ3) is 5.43. The number of rotatable bonds is 6. The molecule has 5 heteroatoms. The average molecular weight is 258 g/mol. The normalized spacial score (nSPS) is 17.2. The quantitative estimate of drug-likeness (QED) is 0.548. The van der Waals surface area contributed by atoms with Crippen molar-refractivity contribution in [1.29, 1.82) is 0 Å². The van der Waals surface area contributed by atoms with E-state index in [1.54, 1.807) is 6.92 Å². The van der Waals surface area contributed by atoms with Gasteiger partial charge in [-0.25, -0.2) is 0 Å². The van der Waals surface area contributed by atoms with Crippen LogP contribution in [0.4, 0.5) is 13.2 Å². The first kappa shape index (κ1) is 16.1. The van der Waals surface area contributed by atoms with E-state index in [-0.39, 0.29) is 6.42 Å². The Morgan fingerprint density at radius 2 is 1.44 bits per heavy atom. The van der Waals surface area contributed by atoms with E-state index in [0.29, 0.717) is 18.6 Å². The van der Waals surface area contributed by atoms with Gasteiger partial charge in [-0.2, -0.15) is 25.8 Å². The molecule has 0 aliphatic rings. The Bertz CT molecular complexity index is 212. The van der Waals surface area contributed by atoms with Gasteiger partial charge in [0.2, 0.25) is 0 Å². The van der Waals surface area contributed by atoms with Crippen LogP contribution in [0.5, 0.6) is 0 Å². The number of thiol groups is 1. The molecule has 0 aromatic rings. The smallest absolute Gasteiger partial charge is 0.389 e. The second kappa shape index (κ2) is 5.63. The summed E-state index contributed by atoms with van der Waals surface area (Å²) in [5.41, 5.74) is -1.37. The van der Waals surface area contributed by atoms with Gasteiger partial charge in [0.1, 0.15) is 0 Å². The molecule has 0 radical (unpaired) electrons. The Labute approximate surface area is 101 Å². The van der Waals surface area contributed by atoms with E-state index in [2.05, 4.69) is 12.6 Å². The minimum Gasteiger partial charge on any atom is -0.389 e. The molecule has 1 N–H and O–H groups in total. The highest BCUT2D eigenvalue weighted by Crippen LogP contribution is 2.37. The van der Waals surface area contributed by atoms with E-state index in [9.17, 15) is 18.3 Å². The van der Waals surface area contributed by atoms with Crippen LogP contribution in [0.3, 0.4) is 0 Å². The monoisotopic (exact) mass is 258 g/mol. The van der Waals surface area contributed by atoms with Crippen molar-refractivity contribution in [2.24, 2.45) is 5.41 Å². The predicted octanol–water partition coefficient (Wildman–Crippen LogP) is 3.82. The molecule has 0 saturated heterocycles. The summed E-state index contributed by atoms with van der Waals surface area (Å²) >= 11 is 4.06. The van der Waals surface area contributed by atoms with Crippen LogP contribution in [0.2, 0.25) is 0 Å². The van der Waals surface area contributed by atoms with E-state index >= 15 is 0 Å². The minimum absolute atomic E-state index is 0.121. The van der Waals surface area contributed by atoms with E-state index < -0.39 is 23.6 Å². The van der Waals surface area contributed by atoms with Crippen LogP contribution >= 0.6 is 12.6 Å². The van der Waals surface area contributed by atoms with E-state index in [1.807, 2.05) is 13.8 Å². The molecule has 16 heavy (non-hydrogen) atoms. The van der Waals surface area contributed by atoms with Gasteiger partial charge < -0.3 is 5.11 Å². The van der Waals surface area contributed by atoms with E-state index in [1.165, 1.54) is 0 Å². The molecule has 98 valence electrons. The Morgan fingerprint density at radius 3 is 1.81 bits per heavy atom. The van der Waals surface area contributed by atoms with Crippen LogP contribution < -0.4 is 0 Å². The molecule has 0 aliphatic carbocycles. The summed E-state index contributed by atoms with van der Waals surface area (Å²) in [4.78, 5) is 0. The summed E-state index contributed by atoms with van der Waals surface area (Å²) in [6.07, 6.45) is -3.66. The van der Waals surface area contributed by atoms with Crippen molar-refractivity contribution in [1.82, 2.24) is 0 Å². The molecule has 0 amide bonds. The Hall–Kier alpha value is 0.100. The van der Waals surface area contributed by atoms with Gasteiger partial charge in [-0.15, -0.1) is 0 Å². The topological polar surface area (TPSA) is 20.2 Å². The van der Waals surface area contributed by atoms with Crippen molar-refractivity contribution in [2.75, 3.05) is 5.75 Å². The Morgan fingerprint density at radius 1 is 1.00 bits per heavy atom. The Kier molecular flexibility index (Phi) is 5.66. The van der Waals surface area contributed by atoms with Gasteiger partial charge in [-0.3, -0.25) is 0 Å². The van der Waals surface area contributed by atoms with Gasteiger partial charge >= 0.3 is 6.18 Å². The van der Waals surface area contributed by atoms with Crippen molar-refractivity contribution >= 4 is 12.6 Å². The van der Waals surface area contributed by atoms with Crippen LogP contribution in [0.1, 0.15) is 46.5 Å². The van der Waals surface area contributed by atoms with E-state index in [4.69, 9.17) is 0 Å². The van der Waals surface area contributed by atoms with Crippen molar-refractivity contribution in [2.45, 2.75) is 58.2 Å². The first-order valence-electron chi connectivity index (χ1n) is 5.42. The molecule has 0 saturated carbocycles. The molecule has 1 atom stereocenters. The average Bonchev–Trinajstić information content (AvgIpc) is 2.11. The summed E-state index contributed by atoms with van der Waals surface area (Å²) in [5.74, 6) is 0.305. The van der Waals surface area contributed by atoms with Gasteiger partial charge in [0.25, 0.3) is 0 Å². The highest BCUT2D eigenvalue weighted by molar-refractivity contribution is 7.80. The van der Waals surface area contributed by atoms with Gasteiger partial charge in [-0.1, -0.05) is 20.3 Å². The SMILES string of the molecule is CC(C)(CCCCC(F)(F)F)C(C)(O)CS. The van der Waals surface area contributed by atoms with Crippen molar-refractivity contribution < 1.29 is 18.3 Å². The number of hydrogen-bond donors (Lipinski definition) is 2. The molecule has 0 aromatic carbocycles. The van der Waals surface area contributed by atoms with Crippen LogP contribution in [-0.2, 0) is 0 Å². The fourth-order valence-electron chi connectivity index (χ4n) is 1.38. The van der Waals surface area contributed by atoms with Crippen LogP contribution in [0.25, 0.3) is 0 Å². The second-order valence-corrected chi connectivity index (χ2v) is 5.45. The summed E-state index contributed by atoms with van der Waals surface area (Å²) in [6.45, 7) is 5.39. The highest BCUT2D eigenvalue weighted by atomic mass is 32.1. The molecule has 0 spiro atoms. The molecule has 0 heterocycles. The number of aliphatic hydroxyl groups is 1. The lowest BCUT2D eigenvalue weighted by atomic mass is 9.73. The number of unbranched alkanes of at least 4 members (excludes halogenated alkanes) is 1. The molecule has 0 bridgehead atoms. The molecule has 0 rings (SSSR count). The zero-order valence-corrected chi connectivity index (χ0v) is 11.0. The number of hydrogen-bond acceptors (Lipinski definition) is 2. The fourth-order valence-corrected chi connectivity index (χ4v) is 1.80. The lowest BCUT2D eigenvalue weighted by molar-refractivity contribution is -0.136. The second-order valence-electron chi connectivity index (χ2n) is 5.14. The Balaban J connectivity index is 4.01. The lowest BCUT2D eigenvalue weighted by Gasteiger charge is -2.39. The van der Waals surface area contributed by atoms with E-state index in [0.717, 1.165) is 0 Å². The maximum Gasteiger partial charge on any atom is 0.389 e. The first-order valence-corrected chi connectivity index (χ1v) is 6.05. The van der Waals surface area contributed by atoms with Gasteiger partial charge in [0, 0.05) is 12.2 Å². The zero-order chi connectivity index (χ0) is 13.0. The van der Waals surface area contributed by atoms with Crippen molar-refractivity contribution in [3.63, 3.8) is 0 Å². The fraction of sp³-hybridized carbons (Fsp3) is 1.00. The zero-order valence-electron chi connectivity index (χ0n) is 10.1.